The van der Waals surface area contributed by atoms with E-state index in [1.54, 1.807) is 0 Å². The van der Waals surface area contributed by atoms with E-state index in [4.69, 9.17) is 0 Å². The Balaban J connectivity index is 1.37. The molecule has 198 valence electrons. The minimum Gasteiger partial charge on any atom is -0.321 e. The van der Waals surface area contributed by atoms with Crippen molar-refractivity contribution in [3.8, 4) is 0 Å². The number of aromatic amines is 1. The number of aryl methyl sites for hydroxylation is 2. The van der Waals surface area contributed by atoms with Gasteiger partial charge < -0.3 is 4.98 Å². The molecule has 0 amide bonds. The lowest BCUT2D eigenvalue weighted by Crippen LogP contribution is -2.41. The molecule has 1 aliphatic heterocycles. The maximum Gasteiger partial charge on any atom is 0.253 e. The number of rotatable bonds is 6. The van der Waals surface area contributed by atoms with Crippen molar-refractivity contribution < 1.29 is 0 Å². The lowest BCUT2D eigenvalue weighted by Gasteiger charge is -2.37. The monoisotopic (exact) mass is 510 g/mol. The van der Waals surface area contributed by atoms with Crippen LogP contribution in [-0.4, -0.2) is 43.2 Å². The molecule has 1 saturated carbocycles. The van der Waals surface area contributed by atoms with Gasteiger partial charge in [-0.15, -0.1) is 5.10 Å². The van der Waals surface area contributed by atoms with E-state index in [0.717, 1.165) is 73.0 Å². The van der Waals surface area contributed by atoms with E-state index in [2.05, 4.69) is 87.8 Å². The SMILES string of the molecule is Cc1cc(C)c2[nH]c(=O)c([C@@H](c3nnnn3C3CCCCC3)N3CCC(Cc4ccccc4)CC3)cc2c1. The Labute approximate surface area is 224 Å². The summed E-state index contributed by atoms with van der Waals surface area (Å²) in [4.78, 5) is 19.3. The first kappa shape index (κ1) is 25.0. The first-order valence-corrected chi connectivity index (χ1v) is 14.3. The maximum absolute atomic E-state index is 13.7. The summed E-state index contributed by atoms with van der Waals surface area (Å²) >= 11 is 0. The number of hydrogen-bond donors (Lipinski definition) is 1. The zero-order chi connectivity index (χ0) is 26.1. The van der Waals surface area contributed by atoms with Gasteiger partial charge in [0, 0.05) is 5.56 Å². The van der Waals surface area contributed by atoms with E-state index in [1.165, 1.54) is 30.4 Å². The highest BCUT2D eigenvalue weighted by Crippen LogP contribution is 2.35. The van der Waals surface area contributed by atoms with Gasteiger partial charge in [-0.05, 0) is 104 Å². The van der Waals surface area contributed by atoms with Crippen LogP contribution in [-0.2, 0) is 6.42 Å². The van der Waals surface area contributed by atoms with Crippen molar-refractivity contribution in [2.45, 2.75) is 77.3 Å². The summed E-state index contributed by atoms with van der Waals surface area (Å²) in [6, 6.07) is 17.2. The highest BCUT2D eigenvalue weighted by atomic mass is 16.1. The van der Waals surface area contributed by atoms with Crippen LogP contribution in [0.1, 0.15) is 85.1 Å². The minimum absolute atomic E-state index is 0.0425. The molecule has 1 N–H and O–H groups in total. The highest BCUT2D eigenvalue weighted by Gasteiger charge is 2.35. The number of likely N-dealkylation sites (tertiary alicyclic amines) is 1. The Kier molecular flexibility index (Phi) is 7.11. The zero-order valence-electron chi connectivity index (χ0n) is 22.6. The third-order valence-corrected chi connectivity index (χ3v) is 8.68. The quantitative estimate of drug-likeness (QED) is 0.361. The molecule has 4 aromatic rings. The number of H-pyrrole nitrogens is 1. The largest absolute Gasteiger partial charge is 0.321 e. The van der Waals surface area contributed by atoms with Crippen molar-refractivity contribution >= 4 is 10.9 Å². The molecular weight excluding hydrogens is 472 g/mol. The summed E-state index contributed by atoms with van der Waals surface area (Å²) in [5, 5.41) is 14.3. The Morgan fingerprint density at radius 3 is 2.50 bits per heavy atom. The molecule has 1 atom stereocenters. The number of nitrogens with one attached hydrogen (secondary N) is 1. The van der Waals surface area contributed by atoms with Gasteiger partial charge in [0.15, 0.2) is 5.82 Å². The van der Waals surface area contributed by atoms with E-state index >= 15 is 0 Å². The number of piperidine rings is 1. The number of aromatic nitrogens is 5. The molecule has 6 rings (SSSR count). The lowest BCUT2D eigenvalue weighted by molar-refractivity contribution is 0.140. The van der Waals surface area contributed by atoms with Crippen LogP contribution < -0.4 is 5.56 Å². The van der Waals surface area contributed by atoms with Crippen molar-refractivity contribution in [3.63, 3.8) is 0 Å². The number of fused-ring (bicyclic) bond motifs is 1. The van der Waals surface area contributed by atoms with E-state index in [-0.39, 0.29) is 11.6 Å². The molecule has 1 aliphatic carbocycles. The van der Waals surface area contributed by atoms with Crippen molar-refractivity contribution in [1.82, 2.24) is 30.1 Å². The fraction of sp³-hybridized carbons (Fsp3) is 0.484. The molecular formula is C31H38N6O. The van der Waals surface area contributed by atoms with Gasteiger partial charge in [0.1, 0.15) is 6.04 Å². The van der Waals surface area contributed by atoms with E-state index in [1.807, 2.05) is 4.68 Å². The van der Waals surface area contributed by atoms with Gasteiger partial charge in [0.25, 0.3) is 5.56 Å². The second kappa shape index (κ2) is 10.8. The molecule has 0 unspecified atom stereocenters. The standard InChI is InChI=1S/C31H38N6O/c1-21-17-22(2)28-25(18-21)20-27(31(38)32-28)29(30-33-34-35-37(30)26-11-7-4-8-12-26)36-15-13-24(14-16-36)19-23-9-5-3-6-10-23/h3,5-6,9-10,17-18,20,24,26,29H,4,7-8,11-16,19H2,1-2H3,(H,32,38)/t29-/m0/s1. The van der Waals surface area contributed by atoms with Crippen molar-refractivity contribution in [2.24, 2.45) is 5.92 Å². The predicted molar refractivity (Wildman–Crippen MR) is 150 cm³/mol. The average Bonchev–Trinajstić information content (AvgIpc) is 3.41. The Morgan fingerprint density at radius 1 is 0.974 bits per heavy atom. The number of nitrogens with zero attached hydrogens (tertiary/aromatic N) is 5. The van der Waals surface area contributed by atoms with Gasteiger partial charge in [0.2, 0.25) is 0 Å². The summed E-state index contributed by atoms with van der Waals surface area (Å²) in [7, 11) is 0. The topological polar surface area (TPSA) is 79.7 Å². The molecule has 2 aromatic carbocycles. The number of tetrazole rings is 1. The third kappa shape index (κ3) is 5.04. The lowest BCUT2D eigenvalue weighted by atomic mass is 9.88. The van der Waals surface area contributed by atoms with Crippen molar-refractivity contribution in [3.05, 3.63) is 87.0 Å². The van der Waals surface area contributed by atoms with E-state index in [9.17, 15) is 4.79 Å². The molecule has 7 nitrogen and oxygen atoms in total. The smallest absolute Gasteiger partial charge is 0.253 e. The van der Waals surface area contributed by atoms with E-state index < -0.39 is 0 Å². The van der Waals surface area contributed by atoms with Gasteiger partial charge in [-0.3, -0.25) is 9.69 Å². The fourth-order valence-electron chi connectivity index (χ4n) is 6.73. The molecule has 38 heavy (non-hydrogen) atoms. The van der Waals surface area contributed by atoms with Crippen molar-refractivity contribution in [1.29, 1.82) is 0 Å². The van der Waals surface area contributed by atoms with Crippen LogP contribution in [0, 0.1) is 19.8 Å². The van der Waals surface area contributed by atoms with Crippen LogP contribution in [0.25, 0.3) is 10.9 Å². The average molecular weight is 511 g/mol. The van der Waals surface area contributed by atoms with E-state index in [0.29, 0.717) is 12.0 Å². The number of hydrogen-bond acceptors (Lipinski definition) is 5. The van der Waals surface area contributed by atoms with Gasteiger partial charge in [-0.2, -0.15) is 0 Å². The summed E-state index contributed by atoms with van der Waals surface area (Å²) in [6.07, 6.45) is 9.17. The van der Waals surface area contributed by atoms with Gasteiger partial charge >= 0.3 is 0 Å². The Hall–Kier alpha value is -3.32. The first-order chi connectivity index (χ1) is 18.6. The fourth-order valence-corrected chi connectivity index (χ4v) is 6.73. The molecule has 1 saturated heterocycles. The summed E-state index contributed by atoms with van der Waals surface area (Å²) in [6.45, 7) is 6.01. The Bertz CT molecular complexity index is 1440. The molecule has 0 radical (unpaired) electrons. The predicted octanol–water partition coefficient (Wildman–Crippen LogP) is 5.68. The second-order valence-corrected chi connectivity index (χ2v) is 11.4. The maximum atomic E-state index is 13.7. The van der Waals surface area contributed by atoms with Crippen LogP contribution >= 0.6 is 0 Å². The molecule has 0 spiro atoms. The van der Waals surface area contributed by atoms with Crippen LogP contribution in [0.5, 0.6) is 0 Å². The highest BCUT2D eigenvalue weighted by molar-refractivity contribution is 5.83. The molecule has 7 heteroatoms. The molecule has 2 aliphatic rings. The summed E-state index contributed by atoms with van der Waals surface area (Å²) < 4.78 is 2.05. The Morgan fingerprint density at radius 2 is 1.74 bits per heavy atom. The van der Waals surface area contributed by atoms with Crippen LogP contribution in [0.4, 0.5) is 0 Å². The number of pyridine rings is 1. The van der Waals surface area contributed by atoms with Crippen LogP contribution in [0.2, 0.25) is 0 Å². The van der Waals surface area contributed by atoms with Crippen LogP contribution in [0.15, 0.2) is 53.3 Å². The molecule has 3 heterocycles. The van der Waals surface area contributed by atoms with Gasteiger partial charge in [-0.1, -0.05) is 61.2 Å². The second-order valence-electron chi connectivity index (χ2n) is 11.4. The normalized spacial score (nSPS) is 18.7. The van der Waals surface area contributed by atoms with Crippen molar-refractivity contribution in [2.75, 3.05) is 13.1 Å². The summed E-state index contributed by atoms with van der Waals surface area (Å²) in [5.74, 6) is 1.46. The summed E-state index contributed by atoms with van der Waals surface area (Å²) in [5.41, 5.74) is 5.30. The molecule has 2 fully saturated rings. The number of benzene rings is 2. The minimum atomic E-state index is -0.265. The molecule has 2 aromatic heterocycles. The van der Waals surface area contributed by atoms with Gasteiger partial charge in [-0.25, -0.2) is 4.68 Å². The first-order valence-electron chi connectivity index (χ1n) is 14.3. The molecule has 0 bridgehead atoms. The van der Waals surface area contributed by atoms with Crippen LogP contribution in [0.3, 0.4) is 0 Å². The zero-order valence-corrected chi connectivity index (χ0v) is 22.6. The third-order valence-electron chi connectivity index (χ3n) is 8.68. The van der Waals surface area contributed by atoms with Gasteiger partial charge in [0.05, 0.1) is 11.6 Å².